The van der Waals surface area contributed by atoms with Crippen molar-refractivity contribution in [3.05, 3.63) is 87.2 Å². The van der Waals surface area contributed by atoms with Gasteiger partial charge in [0.2, 0.25) is 0 Å². The van der Waals surface area contributed by atoms with Crippen LogP contribution in [-0.2, 0) is 16.6 Å². The molecule has 3 aromatic carbocycles. The summed E-state index contributed by atoms with van der Waals surface area (Å²) in [6, 6.07) is 14.7. The molecule has 0 aliphatic carbocycles. The van der Waals surface area contributed by atoms with Crippen molar-refractivity contribution in [3.63, 3.8) is 0 Å². The van der Waals surface area contributed by atoms with Gasteiger partial charge in [0.05, 0.1) is 22.6 Å². The van der Waals surface area contributed by atoms with Crippen molar-refractivity contribution in [2.45, 2.75) is 32.2 Å². The predicted octanol–water partition coefficient (Wildman–Crippen LogP) is 6.12. The smallest absolute Gasteiger partial charge is 0.263 e. The Bertz CT molecular complexity index is 1390. The summed E-state index contributed by atoms with van der Waals surface area (Å²) in [5, 5.41) is 0.390. The van der Waals surface area contributed by atoms with Gasteiger partial charge in [0.1, 0.15) is 10.4 Å². The largest absolute Gasteiger partial charge is 0.326 e. The number of fused-ring (bicyclic) bond motifs is 1. The van der Waals surface area contributed by atoms with Crippen molar-refractivity contribution in [3.8, 4) is 0 Å². The minimum absolute atomic E-state index is 0.0742. The van der Waals surface area contributed by atoms with Crippen LogP contribution in [0.25, 0.3) is 11.0 Å². The number of benzene rings is 3. The molecule has 0 bridgehead atoms. The van der Waals surface area contributed by atoms with E-state index in [9.17, 15) is 8.42 Å². The maximum atomic E-state index is 13.1. The first kappa shape index (κ1) is 21.7. The first-order valence-electron chi connectivity index (χ1n) is 9.64. The Morgan fingerprint density at radius 1 is 1.00 bits per heavy atom. The Kier molecular flexibility index (Phi) is 5.73. The Labute approximate surface area is 191 Å². The second-order valence-electron chi connectivity index (χ2n) is 7.60. The zero-order valence-corrected chi connectivity index (χ0v) is 19.6. The number of sulfonamides is 1. The molecule has 0 spiro atoms. The Balaban J connectivity index is 1.79. The number of anilines is 1. The second-order valence-corrected chi connectivity index (χ2v) is 10.1. The summed E-state index contributed by atoms with van der Waals surface area (Å²) < 4.78 is 30.9. The van der Waals surface area contributed by atoms with E-state index in [2.05, 4.69) is 34.0 Å². The topological polar surface area (TPSA) is 64.0 Å². The molecule has 0 amide bonds. The van der Waals surface area contributed by atoms with Gasteiger partial charge in [0.25, 0.3) is 10.0 Å². The third-order valence-electron chi connectivity index (χ3n) is 5.33. The summed E-state index contributed by atoms with van der Waals surface area (Å²) in [6.07, 6.45) is 1.73. The highest BCUT2D eigenvalue weighted by Crippen LogP contribution is 2.33. The van der Waals surface area contributed by atoms with E-state index >= 15 is 0 Å². The number of nitrogens with one attached hydrogen (secondary N) is 1. The van der Waals surface area contributed by atoms with E-state index in [1.807, 2.05) is 31.4 Å². The predicted molar refractivity (Wildman–Crippen MR) is 127 cm³/mol. The molecule has 1 N–H and O–H groups in total. The molecule has 0 aliphatic heterocycles. The maximum absolute atomic E-state index is 13.1. The number of rotatable bonds is 5. The lowest BCUT2D eigenvalue weighted by molar-refractivity contribution is 0.601. The molecule has 1 heterocycles. The molecule has 5 nitrogen and oxygen atoms in total. The average molecular weight is 474 g/mol. The molecular formula is C23H21Cl2N3O2S. The van der Waals surface area contributed by atoms with Gasteiger partial charge in [-0.3, -0.25) is 4.72 Å². The maximum Gasteiger partial charge on any atom is 0.263 e. The van der Waals surface area contributed by atoms with Crippen molar-refractivity contribution in [2.24, 2.45) is 0 Å². The fourth-order valence-electron chi connectivity index (χ4n) is 3.44. The fourth-order valence-corrected chi connectivity index (χ4v) is 5.33. The quantitative estimate of drug-likeness (QED) is 0.379. The number of aromatic nitrogens is 2. The summed E-state index contributed by atoms with van der Waals surface area (Å²) in [7, 11) is -3.97. The van der Waals surface area contributed by atoms with Gasteiger partial charge in [-0.15, -0.1) is 0 Å². The first-order valence-corrected chi connectivity index (χ1v) is 11.9. The number of nitrogens with zero attached hydrogens (tertiary/aromatic N) is 2. The molecule has 4 aromatic rings. The summed E-state index contributed by atoms with van der Waals surface area (Å²) >= 11 is 12.1. The molecular weight excluding hydrogens is 453 g/mol. The summed E-state index contributed by atoms with van der Waals surface area (Å²) in [5.74, 6) is 0. The van der Waals surface area contributed by atoms with Crippen LogP contribution in [0, 0.1) is 20.8 Å². The lowest BCUT2D eigenvalue weighted by atomic mass is 10.1. The zero-order chi connectivity index (χ0) is 22.3. The molecule has 0 aliphatic rings. The van der Waals surface area contributed by atoms with E-state index in [4.69, 9.17) is 23.2 Å². The van der Waals surface area contributed by atoms with E-state index < -0.39 is 10.0 Å². The number of imidazole rings is 1. The van der Waals surface area contributed by atoms with Crippen LogP contribution in [0.15, 0.2) is 59.8 Å². The highest BCUT2D eigenvalue weighted by molar-refractivity contribution is 7.92. The van der Waals surface area contributed by atoms with Gasteiger partial charge in [-0.1, -0.05) is 53.0 Å². The fraction of sp³-hybridized carbons (Fsp3) is 0.174. The molecule has 8 heteroatoms. The monoisotopic (exact) mass is 473 g/mol. The van der Waals surface area contributed by atoms with Crippen LogP contribution in [0.4, 0.5) is 5.69 Å². The average Bonchev–Trinajstić information content (AvgIpc) is 3.11. The molecule has 0 saturated heterocycles. The van der Waals surface area contributed by atoms with E-state index in [-0.39, 0.29) is 9.92 Å². The van der Waals surface area contributed by atoms with Gasteiger partial charge in [-0.25, -0.2) is 13.4 Å². The van der Waals surface area contributed by atoms with Crippen molar-refractivity contribution in [1.82, 2.24) is 9.55 Å². The highest BCUT2D eigenvalue weighted by Gasteiger charge is 2.22. The Morgan fingerprint density at radius 3 is 2.42 bits per heavy atom. The molecule has 0 unspecified atom stereocenters. The molecule has 0 fully saturated rings. The molecule has 1 aromatic heterocycles. The van der Waals surface area contributed by atoms with Crippen LogP contribution in [-0.4, -0.2) is 18.0 Å². The molecule has 160 valence electrons. The Hall–Kier alpha value is -2.54. The van der Waals surface area contributed by atoms with Crippen LogP contribution in [0.1, 0.15) is 22.3 Å². The highest BCUT2D eigenvalue weighted by atomic mass is 35.5. The normalized spacial score (nSPS) is 11.8. The third kappa shape index (κ3) is 4.28. The number of hydrogen-bond acceptors (Lipinski definition) is 3. The van der Waals surface area contributed by atoms with Crippen molar-refractivity contribution < 1.29 is 8.42 Å². The zero-order valence-electron chi connectivity index (χ0n) is 17.3. The number of aryl methyl sites for hydroxylation is 2. The van der Waals surface area contributed by atoms with Crippen molar-refractivity contribution >= 4 is 49.9 Å². The van der Waals surface area contributed by atoms with Crippen LogP contribution in [0.2, 0.25) is 10.0 Å². The molecule has 0 radical (unpaired) electrons. The van der Waals surface area contributed by atoms with Gasteiger partial charge in [0, 0.05) is 11.6 Å². The van der Waals surface area contributed by atoms with Crippen LogP contribution < -0.4 is 4.72 Å². The third-order valence-corrected chi connectivity index (χ3v) is 7.39. The molecule has 0 atom stereocenters. The van der Waals surface area contributed by atoms with E-state index in [1.54, 1.807) is 12.4 Å². The minimum Gasteiger partial charge on any atom is -0.326 e. The van der Waals surface area contributed by atoms with Crippen LogP contribution >= 0.6 is 23.2 Å². The van der Waals surface area contributed by atoms with Gasteiger partial charge in [-0.05, 0) is 61.7 Å². The van der Waals surface area contributed by atoms with Crippen molar-refractivity contribution in [2.75, 3.05) is 4.72 Å². The van der Waals surface area contributed by atoms with E-state index in [0.717, 1.165) is 22.2 Å². The van der Waals surface area contributed by atoms with E-state index in [0.29, 0.717) is 22.8 Å². The van der Waals surface area contributed by atoms with Gasteiger partial charge >= 0.3 is 0 Å². The van der Waals surface area contributed by atoms with Crippen LogP contribution in [0.5, 0.6) is 0 Å². The summed E-state index contributed by atoms with van der Waals surface area (Å²) in [6.45, 7) is 6.49. The van der Waals surface area contributed by atoms with E-state index in [1.165, 1.54) is 17.7 Å². The first-order chi connectivity index (χ1) is 14.7. The van der Waals surface area contributed by atoms with Gasteiger partial charge < -0.3 is 4.57 Å². The standard InChI is InChI=1S/C23H21Cl2N3O2S/c1-14-4-6-17(7-5-14)12-28-13-26-23-20(28)10-15(2)16(3)22(23)27-31(29,30)21-11-18(24)8-9-19(21)25/h4-11,13,27H,12H2,1-3H3. The molecule has 0 saturated carbocycles. The number of hydrogen-bond donors (Lipinski definition) is 1. The molecule has 4 rings (SSSR count). The summed E-state index contributed by atoms with van der Waals surface area (Å²) in [5.41, 5.74) is 5.95. The summed E-state index contributed by atoms with van der Waals surface area (Å²) in [4.78, 5) is 4.45. The SMILES string of the molecule is Cc1ccc(Cn2cnc3c(NS(=O)(=O)c4cc(Cl)ccc4Cl)c(C)c(C)cc32)cc1. The van der Waals surface area contributed by atoms with Gasteiger partial charge in [-0.2, -0.15) is 0 Å². The Morgan fingerprint density at radius 2 is 1.71 bits per heavy atom. The lowest BCUT2D eigenvalue weighted by Gasteiger charge is -2.15. The van der Waals surface area contributed by atoms with Gasteiger partial charge in [0.15, 0.2) is 0 Å². The second kappa shape index (κ2) is 8.19. The van der Waals surface area contributed by atoms with Crippen LogP contribution in [0.3, 0.4) is 0 Å². The molecule has 31 heavy (non-hydrogen) atoms. The number of halogens is 2. The minimum atomic E-state index is -3.97. The lowest BCUT2D eigenvalue weighted by Crippen LogP contribution is -2.15. The van der Waals surface area contributed by atoms with Crippen molar-refractivity contribution in [1.29, 1.82) is 0 Å².